The van der Waals surface area contributed by atoms with Gasteiger partial charge in [-0.3, -0.25) is 5.41 Å². The van der Waals surface area contributed by atoms with Gasteiger partial charge < -0.3 is 11.6 Å². The highest BCUT2D eigenvalue weighted by atomic mass is 35.5. The molecule has 1 aromatic heterocycles. The molecule has 0 saturated carbocycles. The van der Waals surface area contributed by atoms with E-state index in [-0.39, 0.29) is 17.1 Å². The van der Waals surface area contributed by atoms with Gasteiger partial charge in [-0.2, -0.15) is 0 Å². The molecule has 0 saturated heterocycles. The molecule has 0 spiro atoms. The van der Waals surface area contributed by atoms with Crippen LogP contribution in [0.1, 0.15) is 5.56 Å². The molecule has 5 N–H and O–H groups in total. The Morgan fingerprint density at radius 1 is 1.12 bits per heavy atom. The van der Waals surface area contributed by atoms with Crippen LogP contribution in [0.25, 0.3) is 22.5 Å². The van der Waals surface area contributed by atoms with Gasteiger partial charge >= 0.3 is 0 Å². The van der Waals surface area contributed by atoms with Crippen molar-refractivity contribution in [2.24, 2.45) is 0 Å². The van der Waals surface area contributed by atoms with Gasteiger partial charge in [0.25, 0.3) is 0 Å². The second kappa shape index (κ2) is 5.98. The Morgan fingerprint density at radius 3 is 2.42 bits per heavy atom. The third-order valence-electron chi connectivity index (χ3n) is 3.61. The summed E-state index contributed by atoms with van der Waals surface area (Å²) in [4.78, 5) is 4.29. The average Bonchev–Trinajstić information content (AvgIpc) is 2.52. The summed E-state index contributed by atoms with van der Waals surface area (Å²) in [5, 5.41) is 8.53. The number of hydrogen-bond acceptors (Lipinski definition) is 4. The molecule has 122 valence electrons. The highest BCUT2D eigenvalue weighted by Gasteiger charge is 2.16. The Bertz CT molecular complexity index is 959. The van der Waals surface area contributed by atoms with Crippen molar-refractivity contribution in [1.29, 1.82) is 5.41 Å². The van der Waals surface area contributed by atoms with Crippen LogP contribution in [0, 0.1) is 18.2 Å². The fraction of sp³-hybridized carbons (Fsp3) is 0.0588. The number of rotatable bonds is 2. The van der Waals surface area contributed by atoms with Gasteiger partial charge in [0, 0.05) is 16.1 Å². The van der Waals surface area contributed by atoms with E-state index < -0.39 is 0 Å². The highest BCUT2D eigenvalue weighted by Crippen LogP contribution is 2.31. The lowest BCUT2D eigenvalue weighted by Crippen LogP contribution is -2.32. The fourth-order valence-electron chi connectivity index (χ4n) is 2.53. The Balaban J connectivity index is 2.37. The molecule has 0 amide bonds. The SMILES string of the molecule is Cc1cc(Cl)cc(-c2c(-c3ccc(F)cc3)nc(N)c(=N)n2N)c1. The van der Waals surface area contributed by atoms with E-state index in [9.17, 15) is 4.39 Å². The molecule has 0 radical (unpaired) electrons. The number of halogens is 2. The number of aryl methyl sites for hydroxylation is 1. The maximum absolute atomic E-state index is 13.2. The molecule has 5 nitrogen and oxygen atoms in total. The van der Waals surface area contributed by atoms with Crippen molar-refractivity contribution in [1.82, 2.24) is 9.66 Å². The van der Waals surface area contributed by atoms with Crippen LogP contribution in [-0.4, -0.2) is 9.66 Å². The van der Waals surface area contributed by atoms with Gasteiger partial charge in [0.2, 0.25) is 0 Å². The molecule has 2 aromatic carbocycles. The first-order chi connectivity index (χ1) is 11.4. The van der Waals surface area contributed by atoms with E-state index in [4.69, 9.17) is 28.6 Å². The van der Waals surface area contributed by atoms with Crippen LogP contribution in [0.4, 0.5) is 10.2 Å². The van der Waals surface area contributed by atoms with Gasteiger partial charge in [-0.15, -0.1) is 0 Å². The zero-order valence-corrected chi connectivity index (χ0v) is 13.6. The molecule has 24 heavy (non-hydrogen) atoms. The van der Waals surface area contributed by atoms with Crippen molar-refractivity contribution >= 4 is 17.4 Å². The number of nitrogen functional groups attached to an aromatic ring is 2. The lowest BCUT2D eigenvalue weighted by Gasteiger charge is -2.16. The van der Waals surface area contributed by atoms with Crippen LogP contribution in [0.5, 0.6) is 0 Å². The van der Waals surface area contributed by atoms with Crippen LogP contribution in [0.15, 0.2) is 42.5 Å². The molecule has 0 aliphatic carbocycles. The monoisotopic (exact) mass is 343 g/mol. The van der Waals surface area contributed by atoms with Crippen molar-refractivity contribution in [2.75, 3.05) is 11.6 Å². The Kier molecular flexibility index (Phi) is 3.99. The summed E-state index contributed by atoms with van der Waals surface area (Å²) < 4.78 is 14.4. The lowest BCUT2D eigenvalue weighted by molar-refractivity contribution is 0.628. The predicted molar refractivity (Wildman–Crippen MR) is 93.2 cm³/mol. The summed E-state index contributed by atoms with van der Waals surface area (Å²) in [5.41, 5.74) is 8.88. The molecule has 0 atom stereocenters. The summed E-state index contributed by atoms with van der Waals surface area (Å²) in [6.45, 7) is 1.90. The third kappa shape index (κ3) is 2.83. The summed E-state index contributed by atoms with van der Waals surface area (Å²) in [6.07, 6.45) is 0. The van der Waals surface area contributed by atoms with Gasteiger partial charge in [0.1, 0.15) is 5.82 Å². The van der Waals surface area contributed by atoms with E-state index in [2.05, 4.69) is 4.98 Å². The smallest absolute Gasteiger partial charge is 0.187 e. The maximum Gasteiger partial charge on any atom is 0.187 e. The zero-order valence-electron chi connectivity index (χ0n) is 12.8. The molecule has 0 fully saturated rings. The second-order valence-corrected chi connectivity index (χ2v) is 5.87. The largest absolute Gasteiger partial charge is 0.381 e. The number of hydrogen-bond donors (Lipinski definition) is 3. The standard InChI is InChI=1S/C17H15ClFN5/c1-9-6-11(8-12(18)7-9)15-14(10-2-4-13(19)5-3-10)23-16(20)17(21)24(15)22/h2-8,21H,22H2,1H3,(H2,20,23). The van der Waals surface area contributed by atoms with Crippen LogP contribution >= 0.6 is 11.6 Å². The number of nitrogens with zero attached hydrogens (tertiary/aromatic N) is 2. The van der Waals surface area contributed by atoms with Gasteiger partial charge in [-0.1, -0.05) is 11.6 Å². The molecule has 0 aliphatic rings. The molecule has 1 heterocycles. The summed E-state index contributed by atoms with van der Waals surface area (Å²) >= 11 is 6.15. The third-order valence-corrected chi connectivity index (χ3v) is 3.83. The molecular formula is C17H15ClFN5. The lowest BCUT2D eigenvalue weighted by atomic mass is 10.0. The Hall–Kier alpha value is -2.86. The first-order valence-electron chi connectivity index (χ1n) is 7.12. The van der Waals surface area contributed by atoms with Gasteiger partial charge in [0.15, 0.2) is 11.3 Å². The Morgan fingerprint density at radius 2 is 1.79 bits per heavy atom. The normalized spacial score (nSPS) is 10.8. The highest BCUT2D eigenvalue weighted by molar-refractivity contribution is 6.31. The first-order valence-corrected chi connectivity index (χ1v) is 7.50. The van der Waals surface area contributed by atoms with Crippen LogP contribution in [0.3, 0.4) is 0 Å². The zero-order chi connectivity index (χ0) is 17.4. The van der Waals surface area contributed by atoms with Crippen molar-refractivity contribution in [3.8, 4) is 22.5 Å². The van der Waals surface area contributed by atoms with Crippen LogP contribution in [-0.2, 0) is 0 Å². The summed E-state index contributed by atoms with van der Waals surface area (Å²) in [7, 11) is 0. The topological polar surface area (TPSA) is 93.7 Å². The number of aromatic nitrogens is 2. The fourth-order valence-corrected chi connectivity index (χ4v) is 2.82. The van der Waals surface area contributed by atoms with Crippen molar-refractivity contribution in [2.45, 2.75) is 6.92 Å². The van der Waals surface area contributed by atoms with E-state index >= 15 is 0 Å². The average molecular weight is 344 g/mol. The van der Waals surface area contributed by atoms with Gasteiger partial charge in [0.05, 0.1) is 11.4 Å². The van der Waals surface area contributed by atoms with Crippen LogP contribution in [0.2, 0.25) is 5.02 Å². The van der Waals surface area contributed by atoms with Gasteiger partial charge in [-0.25, -0.2) is 14.1 Å². The van der Waals surface area contributed by atoms with E-state index in [0.29, 0.717) is 27.5 Å². The van der Waals surface area contributed by atoms with E-state index in [1.54, 1.807) is 18.2 Å². The molecular weight excluding hydrogens is 329 g/mol. The number of anilines is 1. The van der Waals surface area contributed by atoms with E-state index in [1.807, 2.05) is 19.1 Å². The predicted octanol–water partition coefficient (Wildman–Crippen LogP) is 3.09. The summed E-state index contributed by atoms with van der Waals surface area (Å²) in [6, 6.07) is 11.3. The van der Waals surface area contributed by atoms with Gasteiger partial charge in [-0.05, 0) is 55.0 Å². The van der Waals surface area contributed by atoms with Crippen LogP contribution < -0.4 is 17.1 Å². The molecule has 3 aromatic rings. The molecule has 3 rings (SSSR count). The number of nitrogens with two attached hydrogens (primary N) is 2. The van der Waals surface area contributed by atoms with Crippen molar-refractivity contribution in [3.05, 3.63) is 64.4 Å². The quantitative estimate of drug-likeness (QED) is 0.624. The first kappa shape index (κ1) is 16.0. The summed E-state index contributed by atoms with van der Waals surface area (Å²) in [5.74, 6) is 5.70. The van der Waals surface area contributed by atoms with Crippen molar-refractivity contribution < 1.29 is 4.39 Å². The Labute approximate surface area is 142 Å². The number of nitrogens with one attached hydrogen (secondary N) is 1. The minimum absolute atomic E-state index is 0.0145. The maximum atomic E-state index is 13.2. The molecule has 7 heteroatoms. The molecule has 0 bridgehead atoms. The van der Waals surface area contributed by atoms with E-state index in [0.717, 1.165) is 10.2 Å². The minimum atomic E-state index is -0.357. The second-order valence-electron chi connectivity index (χ2n) is 5.44. The molecule has 0 aliphatic heterocycles. The number of benzene rings is 2. The van der Waals surface area contributed by atoms with Crippen molar-refractivity contribution in [3.63, 3.8) is 0 Å². The molecule has 0 unspecified atom stereocenters. The minimum Gasteiger partial charge on any atom is -0.381 e. The van der Waals surface area contributed by atoms with E-state index in [1.165, 1.54) is 12.1 Å².